The molecular formula is C22H28N6O4S. The van der Waals surface area contributed by atoms with E-state index in [1.165, 1.54) is 23.7 Å². The van der Waals surface area contributed by atoms with Gasteiger partial charge in [-0.05, 0) is 26.0 Å². The highest BCUT2D eigenvalue weighted by molar-refractivity contribution is 7.90. The van der Waals surface area contributed by atoms with Gasteiger partial charge in [-0.3, -0.25) is 9.36 Å². The summed E-state index contributed by atoms with van der Waals surface area (Å²) in [5.41, 5.74) is 0.148. The molecule has 3 heterocycles. The maximum Gasteiger partial charge on any atom is 0.333 e. The summed E-state index contributed by atoms with van der Waals surface area (Å²) in [6.07, 6.45) is 1.97. The van der Waals surface area contributed by atoms with E-state index < -0.39 is 27.0 Å². The van der Waals surface area contributed by atoms with Gasteiger partial charge in [0.1, 0.15) is 5.88 Å². The molecular weight excluding hydrogens is 444 g/mol. The first kappa shape index (κ1) is 23.0. The molecule has 2 aromatic heterocycles. The average Bonchev–Trinajstić information content (AvgIpc) is 3.20. The Labute approximate surface area is 191 Å². The van der Waals surface area contributed by atoms with E-state index in [1.54, 1.807) is 22.8 Å². The first-order chi connectivity index (χ1) is 15.7. The predicted molar refractivity (Wildman–Crippen MR) is 127 cm³/mol. The van der Waals surface area contributed by atoms with Gasteiger partial charge in [0, 0.05) is 39.8 Å². The van der Waals surface area contributed by atoms with E-state index in [0.29, 0.717) is 25.6 Å². The van der Waals surface area contributed by atoms with Crippen LogP contribution in [0, 0.1) is 0 Å². The molecule has 0 spiro atoms. The molecule has 11 heteroatoms. The first-order valence-corrected chi connectivity index (χ1v) is 12.4. The summed E-state index contributed by atoms with van der Waals surface area (Å²) in [7, 11) is -2.40. The topological polar surface area (TPSA) is 111 Å². The monoisotopic (exact) mass is 472 g/mol. The first-order valence-electron chi connectivity index (χ1n) is 10.8. The lowest BCUT2D eigenvalue weighted by atomic mass is 10.3. The van der Waals surface area contributed by atoms with Crippen molar-refractivity contribution >= 4 is 26.9 Å². The van der Waals surface area contributed by atoms with E-state index in [4.69, 9.17) is 0 Å². The number of aromatic nitrogens is 4. The SMILES string of the molecule is CC(C)=CCn1c(N2CCNCC2)nc2c1c(=O)n(CS(=O)(=O)c1ccccc1)c(=O)n2C. The summed E-state index contributed by atoms with van der Waals surface area (Å²) in [5, 5.41) is 3.29. The van der Waals surface area contributed by atoms with Gasteiger partial charge < -0.3 is 14.8 Å². The minimum atomic E-state index is -3.91. The molecule has 176 valence electrons. The van der Waals surface area contributed by atoms with Crippen LogP contribution in [0.25, 0.3) is 11.2 Å². The zero-order valence-electron chi connectivity index (χ0n) is 19.0. The molecule has 0 bridgehead atoms. The van der Waals surface area contributed by atoms with Crippen molar-refractivity contribution < 1.29 is 8.42 Å². The number of benzene rings is 1. The zero-order chi connectivity index (χ0) is 23.8. The summed E-state index contributed by atoms with van der Waals surface area (Å²) in [4.78, 5) is 33.4. The maximum absolute atomic E-state index is 13.5. The number of sulfone groups is 1. The number of hydrogen-bond acceptors (Lipinski definition) is 7. The van der Waals surface area contributed by atoms with Gasteiger partial charge in [-0.15, -0.1) is 0 Å². The molecule has 0 radical (unpaired) electrons. The van der Waals surface area contributed by atoms with Crippen molar-refractivity contribution in [1.29, 1.82) is 0 Å². The largest absolute Gasteiger partial charge is 0.340 e. The fourth-order valence-corrected chi connectivity index (χ4v) is 5.19. The van der Waals surface area contributed by atoms with Gasteiger partial charge in [-0.2, -0.15) is 4.98 Å². The third-order valence-electron chi connectivity index (χ3n) is 5.70. The molecule has 1 saturated heterocycles. The number of hydrogen-bond donors (Lipinski definition) is 1. The number of aryl methyl sites for hydroxylation is 1. The number of piperazine rings is 1. The van der Waals surface area contributed by atoms with Gasteiger partial charge in [0.25, 0.3) is 5.56 Å². The van der Waals surface area contributed by atoms with Crippen molar-refractivity contribution in [2.45, 2.75) is 31.2 Å². The molecule has 3 aromatic rings. The Balaban J connectivity index is 1.93. The molecule has 0 amide bonds. The number of nitrogens with one attached hydrogen (secondary N) is 1. The molecule has 1 aliphatic heterocycles. The molecule has 1 aliphatic rings. The highest BCUT2D eigenvalue weighted by atomic mass is 32.2. The van der Waals surface area contributed by atoms with Gasteiger partial charge in [0.15, 0.2) is 21.0 Å². The second kappa shape index (κ2) is 8.99. The van der Waals surface area contributed by atoms with Crippen LogP contribution in [0.3, 0.4) is 0 Å². The molecule has 4 rings (SSSR count). The molecule has 0 unspecified atom stereocenters. The van der Waals surface area contributed by atoms with Crippen LogP contribution in [-0.4, -0.2) is 53.3 Å². The van der Waals surface area contributed by atoms with Crippen LogP contribution in [0.1, 0.15) is 13.8 Å². The van der Waals surface area contributed by atoms with Gasteiger partial charge in [0.05, 0.1) is 4.90 Å². The predicted octanol–water partition coefficient (Wildman–Crippen LogP) is 0.704. The number of fused-ring (bicyclic) bond motifs is 1. The van der Waals surface area contributed by atoms with Gasteiger partial charge >= 0.3 is 5.69 Å². The lowest BCUT2D eigenvalue weighted by Crippen LogP contribution is -2.44. The van der Waals surface area contributed by atoms with Crippen LogP contribution in [0.4, 0.5) is 5.95 Å². The number of allylic oxidation sites excluding steroid dienone is 2. The quantitative estimate of drug-likeness (QED) is 0.526. The lowest BCUT2D eigenvalue weighted by molar-refractivity contribution is 0.571. The van der Waals surface area contributed by atoms with E-state index in [1.807, 2.05) is 19.9 Å². The van der Waals surface area contributed by atoms with Crippen LogP contribution in [-0.2, 0) is 29.3 Å². The lowest BCUT2D eigenvalue weighted by Gasteiger charge is -2.28. The Morgan fingerprint density at radius 2 is 1.76 bits per heavy atom. The molecule has 1 aromatic carbocycles. The van der Waals surface area contributed by atoms with Crippen molar-refractivity contribution in [3.8, 4) is 0 Å². The van der Waals surface area contributed by atoms with Crippen molar-refractivity contribution in [1.82, 2.24) is 24.0 Å². The molecule has 0 saturated carbocycles. The summed E-state index contributed by atoms with van der Waals surface area (Å²) in [6.45, 7) is 7.30. The van der Waals surface area contributed by atoms with Crippen molar-refractivity contribution in [2.24, 2.45) is 7.05 Å². The van der Waals surface area contributed by atoms with E-state index >= 15 is 0 Å². The van der Waals surface area contributed by atoms with Crippen LogP contribution in [0.2, 0.25) is 0 Å². The highest BCUT2D eigenvalue weighted by Crippen LogP contribution is 2.21. The summed E-state index contributed by atoms with van der Waals surface area (Å²) in [6, 6.07) is 7.81. The van der Waals surface area contributed by atoms with Crippen LogP contribution in [0.5, 0.6) is 0 Å². The summed E-state index contributed by atoms with van der Waals surface area (Å²) in [5.74, 6) is -0.144. The minimum absolute atomic E-state index is 0.0543. The Morgan fingerprint density at radius 1 is 1.09 bits per heavy atom. The minimum Gasteiger partial charge on any atom is -0.340 e. The molecule has 0 aliphatic carbocycles. The molecule has 1 N–H and O–H groups in total. The van der Waals surface area contributed by atoms with Crippen LogP contribution >= 0.6 is 0 Å². The third-order valence-corrected chi connectivity index (χ3v) is 7.28. The van der Waals surface area contributed by atoms with Crippen LogP contribution < -0.4 is 21.5 Å². The third kappa shape index (κ3) is 4.38. The smallest absolute Gasteiger partial charge is 0.333 e. The second-order valence-electron chi connectivity index (χ2n) is 8.34. The Bertz CT molecular complexity index is 1420. The fourth-order valence-electron chi connectivity index (χ4n) is 3.90. The van der Waals surface area contributed by atoms with E-state index in [2.05, 4.69) is 15.2 Å². The molecule has 33 heavy (non-hydrogen) atoms. The van der Waals surface area contributed by atoms with Crippen molar-refractivity contribution in [2.75, 3.05) is 31.1 Å². The molecule has 1 fully saturated rings. The average molecular weight is 473 g/mol. The standard InChI is InChI=1S/C22H28N6O4S/c1-16(2)9-12-27-18-19(24-21(27)26-13-10-23-11-14-26)25(3)22(30)28(20(18)29)15-33(31,32)17-7-5-4-6-8-17/h4-9,23H,10-15H2,1-3H3. The van der Waals surface area contributed by atoms with E-state index in [9.17, 15) is 18.0 Å². The summed E-state index contributed by atoms with van der Waals surface area (Å²) < 4.78 is 29.7. The van der Waals surface area contributed by atoms with E-state index in [-0.39, 0.29) is 16.1 Å². The van der Waals surface area contributed by atoms with Crippen molar-refractivity contribution in [3.63, 3.8) is 0 Å². The zero-order valence-corrected chi connectivity index (χ0v) is 19.8. The number of rotatable bonds is 6. The van der Waals surface area contributed by atoms with Crippen LogP contribution in [0.15, 0.2) is 56.5 Å². The van der Waals surface area contributed by atoms with Gasteiger partial charge in [0.2, 0.25) is 5.95 Å². The van der Waals surface area contributed by atoms with E-state index in [0.717, 1.165) is 23.2 Å². The van der Waals surface area contributed by atoms with Gasteiger partial charge in [-0.1, -0.05) is 29.8 Å². The highest BCUT2D eigenvalue weighted by Gasteiger charge is 2.26. The Hall–Kier alpha value is -3.18. The van der Waals surface area contributed by atoms with Crippen molar-refractivity contribution in [3.05, 3.63) is 62.8 Å². The number of anilines is 1. The normalized spacial score (nSPS) is 14.6. The number of nitrogens with zero attached hydrogens (tertiary/aromatic N) is 5. The second-order valence-corrected chi connectivity index (χ2v) is 10.3. The number of imidazole rings is 1. The maximum atomic E-state index is 13.5. The molecule has 0 atom stereocenters. The molecule has 10 nitrogen and oxygen atoms in total. The summed E-state index contributed by atoms with van der Waals surface area (Å²) >= 11 is 0. The fraction of sp³-hybridized carbons (Fsp3) is 0.409. The van der Waals surface area contributed by atoms with Gasteiger partial charge in [-0.25, -0.2) is 17.8 Å². The Morgan fingerprint density at radius 3 is 2.39 bits per heavy atom. The Kier molecular flexibility index (Phi) is 6.26.